The number of pyridine rings is 1. The van der Waals surface area contributed by atoms with Crippen molar-refractivity contribution in [3.8, 4) is 5.75 Å². The van der Waals surface area contributed by atoms with Crippen LogP contribution in [0.15, 0.2) is 66.9 Å². The van der Waals surface area contributed by atoms with E-state index in [0.29, 0.717) is 18.0 Å². The molecule has 0 spiro atoms. The SMILES string of the molecule is Cc1ccccc1COc1ccccc1C(=O)OCC(=O)Nc1cccnc1Cl. The number of para-hydroxylation sites is 1. The first-order chi connectivity index (χ1) is 14.0. The second-order valence-electron chi connectivity index (χ2n) is 6.18. The minimum absolute atomic E-state index is 0.155. The largest absolute Gasteiger partial charge is 0.488 e. The van der Waals surface area contributed by atoms with E-state index in [0.717, 1.165) is 11.1 Å². The molecule has 6 nitrogen and oxygen atoms in total. The number of rotatable bonds is 7. The van der Waals surface area contributed by atoms with Crippen molar-refractivity contribution < 1.29 is 19.1 Å². The number of ether oxygens (including phenoxy) is 2. The van der Waals surface area contributed by atoms with Gasteiger partial charge in [0.15, 0.2) is 11.8 Å². The fraction of sp³-hybridized carbons (Fsp3) is 0.136. The zero-order valence-electron chi connectivity index (χ0n) is 15.7. The number of esters is 1. The summed E-state index contributed by atoms with van der Waals surface area (Å²) in [6.45, 7) is 1.85. The summed E-state index contributed by atoms with van der Waals surface area (Å²) in [4.78, 5) is 28.3. The zero-order valence-corrected chi connectivity index (χ0v) is 16.5. The fourth-order valence-electron chi connectivity index (χ4n) is 2.56. The van der Waals surface area contributed by atoms with Crippen LogP contribution in [0.5, 0.6) is 5.75 Å². The Morgan fingerprint density at radius 2 is 1.79 bits per heavy atom. The first-order valence-corrected chi connectivity index (χ1v) is 9.26. The lowest BCUT2D eigenvalue weighted by atomic mass is 10.1. The van der Waals surface area contributed by atoms with Gasteiger partial charge in [0.1, 0.15) is 17.9 Å². The molecular formula is C22H19ClN2O4. The van der Waals surface area contributed by atoms with Gasteiger partial charge in [-0.1, -0.05) is 48.0 Å². The fourth-order valence-corrected chi connectivity index (χ4v) is 2.73. The van der Waals surface area contributed by atoms with Crippen molar-refractivity contribution in [3.63, 3.8) is 0 Å². The second kappa shape index (κ2) is 9.71. The quantitative estimate of drug-likeness (QED) is 0.461. The number of carbonyl (C=O) groups excluding carboxylic acids is 2. The average molecular weight is 411 g/mol. The predicted octanol–water partition coefficient (Wildman–Crippen LogP) is 4.42. The van der Waals surface area contributed by atoms with Gasteiger partial charge in [0, 0.05) is 6.20 Å². The number of aromatic nitrogens is 1. The summed E-state index contributed by atoms with van der Waals surface area (Å²) >= 11 is 5.89. The third kappa shape index (κ3) is 5.56. The molecule has 0 aliphatic rings. The lowest BCUT2D eigenvalue weighted by Crippen LogP contribution is -2.21. The normalized spacial score (nSPS) is 10.3. The van der Waals surface area contributed by atoms with Crippen LogP contribution in [0.3, 0.4) is 0 Å². The molecule has 1 heterocycles. The number of halogens is 1. The zero-order chi connectivity index (χ0) is 20.6. The molecule has 1 amide bonds. The Balaban J connectivity index is 1.60. The summed E-state index contributed by atoms with van der Waals surface area (Å²) < 4.78 is 10.9. The molecule has 2 aromatic carbocycles. The number of nitrogens with zero attached hydrogens (tertiary/aromatic N) is 1. The number of nitrogens with one attached hydrogen (secondary N) is 1. The van der Waals surface area contributed by atoms with Gasteiger partial charge >= 0.3 is 5.97 Å². The van der Waals surface area contributed by atoms with Crippen molar-refractivity contribution >= 4 is 29.2 Å². The summed E-state index contributed by atoms with van der Waals surface area (Å²) in [6.07, 6.45) is 1.51. The molecule has 0 aliphatic carbocycles. The molecule has 1 N–H and O–H groups in total. The summed E-state index contributed by atoms with van der Waals surface area (Å²) in [5, 5.41) is 2.70. The van der Waals surface area contributed by atoms with E-state index < -0.39 is 18.5 Å². The average Bonchev–Trinajstić information content (AvgIpc) is 2.73. The first-order valence-electron chi connectivity index (χ1n) is 8.88. The molecule has 0 aliphatic heterocycles. The lowest BCUT2D eigenvalue weighted by Gasteiger charge is -2.12. The third-order valence-corrected chi connectivity index (χ3v) is 4.42. The Bertz CT molecular complexity index is 1020. The van der Waals surface area contributed by atoms with Crippen molar-refractivity contribution in [2.45, 2.75) is 13.5 Å². The Hall–Kier alpha value is -3.38. The van der Waals surface area contributed by atoms with E-state index in [1.165, 1.54) is 6.20 Å². The molecule has 3 rings (SSSR count). The first kappa shape index (κ1) is 20.4. The van der Waals surface area contributed by atoms with Gasteiger partial charge in [-0.2, -0.15) is 0 Å². The van der Waals surface area contributed by atoms with Crippen LogP contribution in [0.4, 0.5) is 5.69 Å². The van der Waals surface area contributed by atoms with E-state index in [1.807, 2.05) is 31.2 Å². The minimum Gasteiger partial charge on any atom is -0.488 e. The predicted molar refractivity (Wildman–Crippen MR) is 110 cm³/mol. The van der Waals surface area contributed by atoms with Gasteiger partial charge in [-0.15, -0.1) is 0 Å². The minimum atomic E-state index is -0.655. The highest BCUT2D eigenvalue weighted by molar-refractivity contribution is 6.32. The summed E-state index contributed by atoms with van der Waals surface area (Å²) in [7, 11) is 0. The Morgan fingerprint density at radius 1 is 1.03 bits per heavy atom. The molecule has 7 heteroatoms. The summed E-state index contributed by atoms with van der Waals surface area (Å²) in [5.74, 6) is -0.791. The van der Waals surface area contributed by atoms with Gasteiger partial charge in [-0.3, -0.25) is 4.79 Å². The number of amides is 1. The van der Waals surface area contributed by atoms with E-state index in [9.17, 15) is 9.59 Å². The maximum atomic E-state index is 12.4. The molecule has 1 aromatic heterocycles. The molecule has 0 fully saturated rings. The topological polar surface area (TPSA) is 77.5 Å². The molecule has 29 heavy (non-hydrogen) atoms. The highest BCUT2D eigenvalue weighted by Crippen LogP contribution is 2.21. The van der Waals surface area contributed by atoms with Gasteiger partial charge in [0.05, 0.1) is 5.69 Å². The van der Waals surface area contributed by atoms with Gasteiger partial charge < -0.3 is 14.8 Å². The number of hydrogen-bond acceptors (Lipinski definition) is 5. The number of benzene rings is 2. The van der Waals surface area contributed by atoms with Crippen LogP contribution in [-0.2, 0) is 16.1 Å². The standard InChI is InChI=1S/C22H19ClN2O4/c1-15-7-2-3-8-16(15)13-28-19-11-5-4-9-17(19)22(27)29-14-20(26)25-18-10-6-12-24-21(18)23/h2-12H,13-14H2,1H3,(H,25,26). The number of anilines is 1. The van der Waals surface area contributed by atoms with Crippen LogP contribution in [0.25, 0.3) is 0 Å². The van der Waals surface area contributed by atoms with Crippen molar-refractivity contribution in [2.75, 3.05) is 11.9 Å². The highest BCUT2D eigenvalue weighted by atomic mass is 35.5. The molecule has 0 atom stereocenters. The van der Waals surface area contributed by atoms with E-state index in [2.05, 4.69) is 10.3 Å². The van der Waals surface area contributed by atoms with Crippen LogP contribution < -0.4 is 10.1 Å². The molecule has 0 saturated heterocycles. The van der Waals surface area contributed by atoms with Gasteiger partial charge in [-0.25, -0.2) is 9.78 Å². The van der Waals surface area contributed by atoms with Crippen molar-refractivity contribution in [3.05, 3.63) is 88.7 Å². The van der Waals surface area contributed by atoms with Gasteiger partial charge in [-0.05, 0) is 42.3 Å². The Kier molecular flexibility index (Phi) is 6.81. The molecular weight excluding hydrogens is 392 g/mol. The summed E-state index contributed by atoms with van der Waals surface area (Å²) in [6, 6.07) is 17.8. The monoisotopic (exact) mass is 410 g/mol. The van der Waals surface area contributed by atoms with Crippen LogP contribution in [0.2, 0.25) is 5.15 Å². The Labute approximate surface area is 173 Å². The molecule has 0 saturated carbocycles. The second-order valence-corrected chi connectivity index (χ2v) is 6.54. The molecule has 148 valence electrons. The Morgan fingerprint density at radius 3 is 2.59 bits per heavy atom. The van der Waals surface area contributed by atoms with E-state index in [1.54, 1.807) is 36.4 Å². The maximum absolute atomic E-state index is 12.4. The van der Waals surface area contributed by atoms with Crippen LogP contribution in [0.1, 0.15) is 21.5 Å². The van der Waals surface area contributed by atoms with E-state index in [4.69, 9.17) is 21.1 Å². The van der Waals surface area contributed by atoms with Crippen molar-refractivity contribution in [2.24, 2.45) is 0 Å². The molecule has 0 bridgehead atoms. The lowest BCUT2D eigenvalue weighted by molar-refractivity contribution is -0.119. The maximum Gasteiger partial charge on any atom is 0.342 e. The smallest absolute Gasteiger partial charge is 0.342 e. The van der Waals surface area contributed by atoms with Gasteiger partial charge in [0.2, 0.25) is 0 Å². The summed E-state index contributed by atoms with van der Waals surface area (Å²) in [5.41, 5.74) is 2.70. The molecule has 0 radical (unpaired) electrons. The number of hydrogen-bond donors (Lipinski definition) is 1. The number of aryl methyl sites for hydroxylation is 1. The van der Waals surface area contributed by atoms with Crippen LogP contribution in [0, 0.1) is 6.92 Å². The van der Waals surface area contributed by atoms with Gasteiger partial charge in [0.25, 0.3) is 5.91 Å². The third-order valence-electron chi connectivity index (χ3n) is 4.12. The highest BCUT2D eigenvalue weighted by Gasteiger charge is 2.16. The van der Waals surface area contributed by atoms with Crippen LogP contribution >= 0.6 is 11.6 Å². The van der Waals surface area contributed by atoms with Crippen molar-refractivity contribution in [1.82, 2.24) is 4.98 Å². The van der Waals surface area contributed by atoms with Crippen LogP contribution in [-0.4, -0.2) is 23.5 Å². The van der Waals surface area contributed by atoms with E-state index in [-0.39, 0.29) is 10.7 Å². The molecule has 0 unspecified atom stereocenters. The molecule has 3 aromatic rings. The number of carbonyl (C=O) groups is 2. The van der Waals surface area contributed by atoms with E-state index >= 15 is 0 Å². The van der Waals surface area contributed by atoms with Crippen molar-refractivity contribution in [1.29, 1.82) is 0 Å².